The molecule has 0 fully saturated rings. The third-order valence-electron chi connectivity index (χ3n) is 4.96. The Bertz CT molecular complexity index is 1130. The number of nitrogens with one attached hydrogen (secondary N) is 1. The standard InChI is InChI=1S/C22H27N3O2S2/c1-12(2)10-23-18(26)11-28-22-24-20-19(15(5)16(6)29-20)21(27)25(22)17-8-7-13(3)14(4)9-17/h7-9,12H,10-11H2,1-6H3,(H,23,26). The molecular weight excluding hydrogens is 402 g/mol. The summed E-state index contributed by atoms with van der Waals surface area (Å²) < 4.78 is 1.65. The van der Waals surface area contributed by atoms with Gasteiger partial charge in [0.25, 0.3) is 5.56 Å². The average molecular weight is 430 g/mol. The maximum Gasteiger partial charge on any atom is 0.267 e. The second kappa shape index (κ2) is 8.71. The van der Waals surface area contributed by atoms with Crippen LogP contribution in [0.4, 0.5) is 0 Å². The predicted molar refractivity (Wildman–Crippen MR) is 123 cm³/mol. The van der Waals surface area contributed by atoms with Crippen LogP contribution in [0.1, 0.15) is 35.4 Å². The van der Waals surface area contributed by atoms with Crippen LogP contribution >= 0.6 is 23.1 Å². The summed E-state index contributed by atoms with van der Waals surface area (Å²) in [5, 5.41) is 4.13. The van der Waals surface area contributed by atoms with Crippen LogP contribution < -0.4 is 10.9 Å². The van der Waals surface area contributed by atoms with Crippen LogP contribution in [0.15, 0.2) is 28.2 Å². The lowest BCUT2D eigenvalue weighted by Crippen LogP contribution is -2.29. The molecule has 0 unspecified atom stereocenters. The van der Waals surface area contributed by atoms with Gasteiger partial charge in [-0.05, 0) is 62.4 Å². The van der Waals surface area contributed by atoms with Crippen LogP contribution in [0, 0.1) is 33.6 Å². The van der Waals surface area contributed by atoms with E-state index in [1.165, 1.54) is 28.7 Å². The zero-order chi connectivity index (χ0) is 21.3. The number of rotatable bonds is 6. The number of hydrogen-bond donors (Lipinski definition) is 1. The van der Waals surface area contributed by atoms with E-state index in [2.05, 4.69) is 19.2 Å². The van der Waals surface area contributed by atoms with Gasteiger partial charge in [0.2, 0.25) is 5.91 Å². The Labute approximate surface area is 179 Å². The number of thioether (sulfide) groups is 1. The highest BCUT2D eigenvalue weighted by atomic mass is 32.2. The first kappa shape index (κ1) is 21.6. The molecule has 0 spiro atoms. The molecule has 0 aliphatic heterocycles. The van der Waals surface area contributed by atoms with Crippen molar-refractivity contribution in [1.29, 1.82) is 0 Å². The van der Waals surface area contributed by atoms with Crippen molar-refractivity contribution in [2.75, 3.05) is 12.3 Å². The molecule has 0 aliphatic rings. The van der Waals surface area contributed by atoms with E-state index >= 15 is 0 Å². The Morgan fingerprint density at radius 1 is 1.21 bits per heavy atom. The second-order valence-electron chi connectivity index (χ2n) is 7.75. The van der Waals surface area contributed by atoms with Crippen molar-refractivity contribution in [3.05, 3.63) is 50.1 Å². The molecule has 0 radical (unpaired) electrons. The van der Waals surface area contributed by atoms with Crippen molar-refractivity contribution in [3.63, 3.8) is 0 Å². The highest BCUT2D eigenvalue weighted by molar-refractivity contribution is 7.99. The number of aryl methyl sites for hydroxylation is 4. The summed E-state index contributed by atoms with van der Waals surface area (Å²) in [4.78, 5) is 32.3. The Hall–Kier alpha value is -2.12. The average Bonchev–Trinajstić information content (AvgIpc) is 2.95. The lowest BCUT2D eigenvalue weighted by atomic mass is 10.1. The van der Waals surface area contributed by atoms with E-state index in [1.54, 1.807) is 4.57 Å². The highest BCUT2D eigenvalue weighted by Gasteiger charge is 2.19. The van der Waals surface area contributed by atoms with Gasteiger partial charge in [0, 0.05) is 11.4 Å². The van der Waals surface area contributed by atoms with E-state index in [0.717, 1.165) is 26.5 Å². The maximum absolute atomic E-state index is 13.5. The Morgan fingerprint density at radius 3 is 2.59 bits per heavy atom. The summed E-state index contributed by atoms with van der Waals surface area (Å²) in [7, 11) is 0. The third kappa shape index (κ3) is 4.56. The molecule has 0 atom stereocenters. The fraction of sp³-hybridized carbons (Fsp3) is 0.409. The zero-order valence-corrected chi connectivity index (χ0v) is 19.4. The van der Waals surface area contributed by atoms with Gasteiger partial charge in [0.15, 0.2) is 5.16 Å². The first-order valence-corrected chi connectivity index (χ1v) is 11.5. The maximum atomic E-state index is 13.5. The fourth-order valence-corrected chi connectivity index (χ4v) is 4.88. The van der Waals surface area contributed by atoms with Crippen molar-refractivity contribution in [1.82, 2.24) is 14.9 Å². The van der Waals surface area contributed by atoms with E-state index in [-0.39, 0.29) is 17.2 Å². The van der Waals surface area contributed by atoms with Gasteiger partial charge < -0.3 is 5.32 Å². The van der Waals surface area contributed by atoms with E-state index in [9.17, 15) is 9.59 Å². The molecule has 0 saturated carbocycles. The number of carbonyl (C=O) groups excluding carboxylic acids is 1. The summed E-state index contributed by atoms with van der Waals surface area (Å²) in [6.07, 6.45) is 0. The van der Waals surface area contributed by atoms with Crippen molar-refractivity contribution in [2.24, 2.45) is 5.92 Å². The Kier molecular flexibility index (Phi) is 6.49. The van der Waals surface area contributed by atoms with E-state index in [4.69, 9.17) is 4.98 Å². The summed E-state index contributed by atoms with van der Waals surface area (Å²) in [5.74, 6) is 0.561. The van der Waals surface area contributed by atoms with Crippen molar-refractivity contribution < 1.29 is 4.79 Å². The Balaban J connectivity index is 2.08. The van der Waals surface area contributed by atoms with Gasteiger partial charge >= 0.3 is 0 Å². The smallest absolute Gasteiger partial charge is 0.267 e. The fourth-order valence-electron chi connectivity index (χ4n) is 2.96. The van der Waals surface area contributed by atoms with Gasteiger partial charge in [-0.15, -0.1) is 11.3 Å². The molecule has 3 rings (SSSR count). The quantitative estimate of drug-likeness (QED) is 0.461. The lowest BCUT2D eigenvalue weighted by Gasteiger charge is -2.14. The molecule has 3 aromatic rings. The van der Waals surface area contributed by atoms with Crippen molar-refractivity contribution in [3.8, 4) is 5.69 Å². The van der Waals surface area contributed by atoms with Gasteiger partial charge in [-0.25, -0.2) is 4.98 Å². The van der Waals surface area contributed by atoms with Gasteiger partial charge in [-0.2, -0.15) is 0 Å². The van der Waals surface area contributed by atoms with Crippen LogP contribution in [-0.4, -0.2) is 27.8 Å². The molecule has 5 nitrogen and oxygen atoms in total. The first-order chi connectivity index (χ1) is 13.7. The number of nitrogens with zero attached hydrogens (tertiary/aromatic N) is 2. The van der Waals surface area contributed by atoms with Crippen LogP contribution in [0.2, 0.25) is 0 Å². The number of fused-ring (bicyclic) bond motifs is 1. The van der Waals surface area contributed by atoms with Crippen LogP contribution in [0.5, 0.6) is 0 Å². The van der Waals surface area contributed by atoms with Crippen molar-refractivity contribution in [2.45, 2.75) is 46.7 Å². The number of hydrogen-bond acceptors (Lipinski definition) is 5. The van der Waals surface area contributed by atoms with E-state index in [0.29, 0.717) is 23.0 Å². The summed E-state index contributed by atoms with van der Waals surface area (Å²) in [6.45, 7) is 12.8. The molecule has 154 valence electrons. The summed E-state index contributed by atoms with van der Waals surface area (Å²) in [6, 6.07) is 5.95. The number of amides is 1. The van der Waals surface area contributed by atoms with E-state index in [1.807, 2.05) is 45.9 Å². The summed E-state index contributed by atoms with van der Waals surface area (Å²) >= 11 is 2.83. The lowest BCUT2D eigenvalue weighted by molar-refractivity contribution is -0.118. The molecular formula is C22H27N3O2S2. The molecule has 1 amide bonds. The molecule has 0 saturated heterocycles. The second-order valence-corrected chi connectivity index (χ2v) is 9.90. The largest absolute Gasteiger partial charge is 0.355 e. The molecule has 2 aromatic heterocycles. The number of carbonyl (C=O) groups is 1. The first-order valence-electron chi connectivity index (χ1n) is 9.69. The molecule has 29 heavy (non-hydrogen) atoms. The Morgan fingerprint density at radius 2 is 1.93 bits per heavy atom. The van der Waals surface area contributed by atoms with Gasteiger partial charge in [-0.1, -0.05) is 31.7 Å². The van der Waals surface area contributed by atoms with E-state index < -0.39 is 0 Å². The van der Waals surface area contributed by atoms with Crippen LogP contribution in [0.25, 0.3) is 15.9 Å². The van der Waals surface area contributed by atoms with Crippen LogP contribution in [-0.2, 0) is 4.79 Å². The predicted octanol–water partition coefficient (Wildman–Crippen LogP) is 4.55. The number of thiophene rings is 1. The van der Waals surface area contributed by atoms with Crippen LogP contribution in [0.3, 0.4) is 0 Å². The zero-order valence-electron chi connectivity index (χ0n) is 17.8. The van der Waals surface area contributed by atoms with Gasteiger partial charge in [-0.3, -0.25) is 14.2 Å². The monoisotopic (exact) mass is 429 g/mol. The number of aromatic nitrogens is 2. The molecule has 0 aliphatic carbocycles. The minimum Gasteiger partial charge on any atom is -0.355 e. The highest BCUT2D eigenvalue weighted by Crippen LogP contribution is 2.29. The molecule has 0 bridgehead atoms. The minimum atomic E-state index is -0.0785. The number of benzene rings is 1. The van der Waals surface area contributed by atoms with Crippen molar-refractivity contribution >= 4 is 39.2 Å². The normalized spacial score (nSPS) is 11.4. The molecule has 2 heterocycles. The molecule has 1 aromatic carbocycles. The van der Waals surface area contributed by atoms with Gasteiger partial charge in [0.05, 0.1) is 16.8 Å². The summed E-state index contributed by atoms with van der Waals surface area (Å²) in [5.41, 5.74) is 3.95. The van der Waals surface area contributed by atoms with Gasteiger partial charge in [0.1, 0.15) is 4.83 Å². The molecule has 1 N–H and O–H groups in total. The minimum absolute atomic E-state index is 0.0526. The SMILES string of the molecule is Cc1ccc(-n2c(SCC(=O)NCC(C)C)nc3sc(C)c(C)c3c2=O)cc1C. The molecule has 7 heteroatoms. The topological polar surface area (TPSA) is 64.0 Å². The third-order valence-corrected chi connectivity index (χ3v) is 7.00.